The minimum atomic E-state index is 0.146. The van der Waals surface area contributed by atoms with E-state index in [1.54, 1.807) is 0 Å². The molecule has 0 spiro atoms. The van der Waals surface area contributed by atoms with Gasteiger partial charge in [-0.1, -0.05) is 26.0 Å². The van der Waals surface area contributed by atoms with Gasteiger partial charge in [-0.15, -0.1) is 0 Å². The molecule has 2 rings (SSSR count). The summed E-state index contributed by atoms with van der Waals surface area (Å²) in [7, 11) is 2.24. The van der Waals surface area contributed by atoms with Crippen LogP contribution in [0, 0.1) is 17.7 Å². The molecule has 0 saturated heterocycles. The van der Waals surface area contributed by atoms with Crippen LogP contribution in [-0.4, -0.2) is 23.8 Å². The normalized spacial score (nSPS) is 18.9. The lowest BCUT2D eigenvalue weighted by atomic mass is 9.75. The summed E-state index contributed by atoms with van der Waals surface area (Å²) in [6.07, 6.45) is 5.25. The number of nitrogen functional groups attached to an aromatic ring is 1. The van der Waals surface area contributed by atoms with Gasteiger partial charge in [0.25, 0.3) is 0 Å². The number of nitrogens with one attached hydrogen (secondary N) is 1. The van der Waals surface area contributed by atoms with Gasteiger partial charge in [0, 0.05) is 18.2 Å². The maximum atomic E-state index is 7.51. The molecular weight excluding hydrogens is 258 g/mol. The zero-order chi connectivity index (χ0) is 15.6. The van der Waals surface area contributed by atoms with Crippen molar-refractivity contribution < 1.29 is 0 Å². The highest BCUT2D eigenvalue weighted by molar-refractivity contribution is 5.95. The van der Waals surface area contributed by atoms with Crippen molar-refractivity contribution in [2.45, 2.75) is 59.0 Å². The molecule has 3 heteroatoms. The lowest BCUT2D eigenvalue weighted by Gasteiger charge is -2.38. The Balaban J connectivity index is 2.00. The van der Waals surface area contributed by atoms with Crippen molar-refractivity contribution in [2.24, 2.45) is 11.1 Å². The Hall–Kier alpha value is -1.35. The number of nitrogens with two attached hydrogens (primary N) is 1. The zero-order valence-electron chi connectivity index (χ0n) is 13.9. The fourth-order valence-electron chi connectivity index (χ4n) is 3.26. The second kappa shape index (κ2) is 6.18. The standard InChI is InChI=1S/C18H29N3/c1-13-11-14(17(19)20)5-6-15(13)12-21(4)16-7-9-18(2,3)10-8-16/h5-6,11,16H,7-10,12H2,1-4H3,(H3,19,20). The molecule has 1 aliphatic carbocycles. The largest absolute Gasteiger partial charge is 0.384 e. The molecular formula is C18H29N3. The summed E-state index contributed by atoms with van der Waals surface area (Å²) >= 11 is 0. The van der Waals surface area contributed by atoms with Gasteiger partial charge in [-0.3, -0.25) is 10.3 Å². The van der Waals surface area contributed by atoms with E-state index in [9.17, 15) is 0 Å². The number of aryl methyl sites for hydroxylation is 1. The topological polar surface area (TPSA) is 53.1 Å². The Morgan fingerprint density at radius 2 is 1.95 bits per heavy atom. The van der Waals surface area contributed by atoms with Gasteiger partial charge in [0.1, 0.15) is 5.84 Å². The van der Waals surface area contributed by atoms with Crippen molar-refractivity contribution >= 4 is 5.84 Å². The Morgan fingerprint density at radius 3 is 2.48 bits per heavy atom. The highest BCUT2D eigenvalue weighted by atomic mass is 15.1. The molecule has 0 bridgehead atoms. The van der Waals surface area contributed by atoms with Crippen molar-refractivity contribution in [1.29, 1.82) is 5.41 Å². The molecule has 0 atom stereocenters. The number of hydrogen-bond acceptors (Lipinski definition) is 2. The fraction of sp³-hybridized carbons (Fsp3) is 0.611. The first-order valence-electron chi connectivity index (χ1n) is 7.93. The van der Waals surface area contributed by atoms with Crippen LogP contribution in [0.4, 0.5) is 0 Å². The van der Waals surface area contributed by atoms with Gasteiger partial charge in [-0.05, 0) is 62.3 Å². The van der Waals surface area contributed by atoms with Gasteiger partial charge in [-0.2, -0.15) is 0 Å². The van der Waals surface area contributed by atoms with E-state index in [-0.39, 0.29) is 5.84 Å². The third kappa shape index (κ3) is 4.07. The molecule has 0 heterocycles. The second-order valence-corrected chi connectivity index (χ2v) is 7.37. The van der Waals surface area contributed by atoms with E-state index in [0.717, 1.165) is 12.1 Å². The second-order valence-electron chi connectivity index (χ2n) is 7.37. The Bertz CT molecular complexity index is 509. The summed E-state index contributed by atoms with van der Waals surface area (Å²) in [5.74, 6) is 0.146. The van der Waals surface area contributed by atoms with Crippen molar-refractivity contribution in [2.75, 3.05) is 7.05 Å². The lowest BCUT2D eigenvalue weighted by Crippen LogP contribution is -2.36. The van der Waals surface area contributed by atoms with Crippen LogP contribution in [-0.2, 0) is 6.54 Å². The number of hydrogen-bond donors (Lipinski definition) is 2. The third-order valence-electron chi connectivity index (χ3n) is 5.01. The number of amidine groups is 1. The van der Waals surface area contributed by atoms with Crippen LogP contribution in [0.15, 0.2) is 18.2 Å². The first-order chi connectivity index (χ1) is 9.78. The SMILES string of the molecule is Cc1cc(C(=N)N)ccc1CN(C)C1CCC(C)(C)CC1. The molecule has 0 amide bonds. The smallest absolute Gasteiger partial charge is 0.122 e. The maximum Gasteiger partial charge on any atom is 0.122 e. The van der Waals surface area contributed by atoms with Crippen LogP contribution >= 0.6 is 0 Å². The molecule has 21 heavy (non-hydrogen) atoms. The van der Waals surface area contributed by atoms with Crippen molar-refractivity contribution in [3.63, 3.8) is 0 Å². The van der Waals surface area contributed by atoms with E-state index >= 15 is 0 Å². The van der Waals surface area contributed by atoms with E-state index in [1.165, 1.54) is 36.8 Å². The molecule has 3 nitrogen and oxygen atoms in total. The minimum absolute atomic E-state index is 0.146. The Labute approximate surface area is 129 Å². The highest BCUT2D eigenvalue weighted by Crippen LogP contribution is 2.36. The summed E-state index contributed by atoms with van der Waals surface area (Å²) in [5.41, 5.74) is 9.46. The quantitative estimate of drug-likeness (QED) is 0.655. The summed E-state index contributed by atoms with van der Waals surface area (Å²) in [5, 5.41) is 7.51. The fourth-order valence-corrected chi connectivity index (χ4v) is 3.26. The molecule has 116 valence electrons. The van der Waals surface area contributed by atoms with E-state index in [1.807, 2.05) is 12.1 Å². The zero-order valence-corrected chi connectivity index (χ0v) is 13.9. The molecule has 0 aliphatic heterocycles. The van der Waals surface area contributed by atoms with Gasteiger partial charge in [0.05, 0.1) is 0 Å². The molecule has 1 saturated carbocycles. The number of nitrogens with zero attached hydrogens (tertiary/aromatic N) is 1. The van der Waals surface area contributed by atoms with Gasteiger partial charge in [0.2, 0.25) is 0 Å². The van der Waals surface area contributed by atoms with Crippen molar-refractivity contribution in [1.82, 2.24) is 4.90 Å². The van der Waals surface area contributed by atoms with Crippen LogP contribution in [0.3, 0.4) is 0 Å². The van der Waals surface area contributed by atoms with E-state index in [4.69, 9.17) is 11.1 Å². The number of benzene rings is 1. The summed E-state index contributed by atoms with van der Waals surface area (Å²) in [6, 6.07) is 6.80. The predicted molar refractivity (Wildman–Crippen MR) is 89.7 cm³/mol. The van der Waals surface area contributed by atoms with Crippen molar-refractivity contribution in [3.05, 3.63) is 34.9 Å². The maximum absolute atomic E-state index is 7.51. The van der Waals surface area contributed by atoms with Crippen LogP contribution in [0.2, 0.25) is 0 Å². The molecule has 3 N–H and O–H groups in total. The van der Waals surface area contributed by atoms with E-state index < -0.39 is 0 Å². The van der Waals surface area contributed by atoms with E-state index in [2.05, 4.69) is 38.8 Å². The average Bonchev–Trinajstić information content (AvgIpc) is 2.40. The monoisotopic (exact) mass is 287 g/mol. The van der Waals surface area contributed by atoms with Gasteiger partial charge in [0.15, 0.2) is 0 Å². The summed E-state index contributed by atoms with van der Waals surface area (Å²) in [4.78, 5) is 2.49. The van der Waals surface area contributed by atoms with Gasteiger partial charge < -0.3 is 5.73 Å². The summed E-state index contributed by atoms with van der Waals surface area (Å²) in [6.45, 7) is 7.86. The van der Waals surface area contributed by atoms with Crippen molar-refractivity contribution in [3.8, 4) is 0 Å². The molecule has 1 aromatic rings. The van der Waals surface area contributed by atoms with E-state index in [0.29, 0.717) is 11.5 Å². The molecule has 0 unspecified atom stereocenters. The summed E-state index contributed by atoms with van der Waals surface area (Å²) < 4.78 is 0. The molecule has 0 aromatic heterocycles. The predicted octanol–water partition coefficient (Wildman–Crippen LogP) is 3.68. The van der Waals surface area contributed by atoms with Crippen LogP contribution in [0.1, 0.15) is 56.2 Å². The average molecular weight is 287 g/mol. The third-order valence-corrected chi connectivity index (χ3v) is 5.01. The van der Waals surface area contributed by atoms with Crippen LogP contribution < -0.4 is 5.73 Å². The molecule has 0 radical (unpaired) electrons. The van der Waals surface area contributed by atoms with Gasteiger partial charge in [-0.25, -0.2) is 0 Å². The molecule has 1 aliphatic rings. The number of rotatable bonds is 4. The van der Waals surface area contributed by atoms with Gasteiger partial charge >= 0.3 is 0 Å². The molecule has 1 fully saturated rings. The molecule has 1 aromatic carbocycles. The van der Waals surface area contributed by atoms with Crippen LogP contribution in [0.5, 0.6) is 0 Å². The highest BCUT2D eigenvalue weighted by Gasteiger charge is 2.28. The lowest BCUT2D eigenvalue weighted by molar-refractivity contribution is 0.123. The Kier molecular flexibility index (Phi) is 4.72. The van der Waals surface area contributed by atoms with Crippen LogP contribution in [0.25, 0.3) is 0 Å². The minimum Gasteiger partial charge on any atom is -0.384 e. The Morgan fingerprint density at radius 1 is 1.33 bits per heavy atom. The first kappa shape index (κ1) is 16.0. The first-order valence-corrected chi connectivity index (χ1v) is 7.93.